The van der Waals surface area contributed by atoms with Gasteiger partial charge in [0.1, 0.15) is 5.82 Å². The van der Waals surface area contributed by atoms with Crippen LogP contribution in [-0.2, 0) is 10.0 Å². The number of fused-ring (bicyclic) bond motifs is 1. The quantitative estimate of drug-likeness (QED) is 0.451. The summed E-state index contributed by atoms with van der Waals surface area (Å²) in [6.07, 6.45) is 6.21. The number of aromatic amines is 1. The van der Waals surface area contributed by atoms with Crippen LogP contribution >= 0.6 is 0 Å². The number of anilines is 2. The molecule has 156 valence electrons. The van der Waals surface area contributed by atoms with Crippen LogP contribution in [0.1, 0.15) is 0 Å². The van der Waals surface area contributed by atoms with E-state index in [4.69, 9.17) is 5.73 Å². The van der Waals surface area contributed by atoms with Crippen molar-refractivity contribution in [2.24, 2.45) is 0 Å². The Morgan fingerprint density at radius 1 is 0.871 bits per heavy atom. The second-order valence-corrected chi connectivity index (χ2v) is 8.69. The molecule has 0 aliphatic heterocycles. The molecule has 0 fully saturated rings. The van der Waals surface area contributed by atoms with Crippen molar-refractivity contribution in [1.29, 1.82) is 0 Å². The van der Waals surface area contributed by atoms with Gasteiger partial charge in [-0.15, -0.1) is 0 Å². The van der Waals surface area contributed by atoms with E-state index in [1.54, 1.807) is 48.9 Å². The molecule has 2 aromatic heterocycles. The van der Waals surface area contributed by atoms with Gasteiger partial charge in [0.15, 0.2) is 0 Å². The Bertz CT molecular complexity index is 1400. The molecule has 0 unspecified atom stereocenters. The molecular formula is C22H20N6O2S. The van der Waals surface area contributed by atoms with Crippen molar-refractivity contribution < 1.29 is 8.42 Å². The van der Waals surface area contributed by atoms with Gasteiger partial charge in [0.25, 0.3) is 0 Å². The normalized spacial score (nSPS) is 11.1. The molecule has 4 aromatic rings. The fourth-order valence-electron chi connectivity index (χ4n) is 3.02. The number of nitrogens with two attached hydrogens (primary N) is 1. The van der Waals surface area contributed by atoms with Crippen molar-refractivity contribution in [1.82, 2.24) is 20.2 Å². The molecule has 0 saturated heterocycles. The molecule has 2 heterocycles. The van der Waals surface area contributed by atoms with Gasteiger partial charge in [-0.05, 0) is 24.3 Å². The van der Waals surface area contributed by atoms with Crippen LogP contribution < -0.4 is 10.5 Å². The number of benzene rings is 2. The number of aromatic nitrogens is 4. The average Bonchev–Trinajstić information content (AvgIpc) is 2.83. The number of sulfonamides is 1. The largest absolute Gasteiger partial charge is 0.384 e. The van der Waals surface area contributed by atoms with Crippen LogP contribution in [0.4, 0.5) is 11.5 Å². The Balaban J connectivity index is 1.77. The van der Waals surface area contributed by atoms with E-state index in [1.165, 1.54) is 0 Å². The molecule has 0 atom stereocenters. The summed E-state index contributed by atoms with van der Waals surface area (Å²) in [5, 5.41) is 7.97. The molecule has 0 radical (unpaired) electrons. The van der Waals surface area contributed by atoms with Gasteiger partial charge in [-0.2, -0.15) is 5.10 Å². The summed E-state index contributed by atoms with van der Waals surface area (Å²) < 4.78 is 25.3. The Labute approximate surface area is 179 Å². The summed E-state index contributed by atoms with van der Waals surface area (Å²) in [5.74, 6) is 0.319. The first-order chi connectivity index (χ1) is 14.9. The predicted molar refractivity (Wildman–Crippen MR) is 123 cm³/mol. The van der Waals surface area contributed by atoms with Crippen LogP contribution in [-0.4, -0.2) is 34.8 Å². The number of para-hydroxylation sites is 1. The van der Waals surface area contributed by atoms with E-state index in [2.05, 4.69) is 24.9 Å². The van der Waals surface area contributed by atoms with Crippen LogP contribution in [0.2, 0.25) is 0 Å². The summed E-state index contributed by atoms with van der Waals surface area (Å²) in [7, 11) is -3.35. The summed E-state index contributed by atoms with van der Waals surface area (Å²) in [6.45, 7) is 0. The topological polar surface area (TPSA) is 127 Å². The maximum absolute atomic E-state index is 11.4. The molecule has 0 aliphatic rings. The lowest BCUT2D eigenvalue weighted by atomic mass is 10.1. The Morgan fingerprint density at radius 2 is 1.61 bits per heavy atom. The number of pyridine rings is 1. The number of nitrogens with one attached hydrogen (secondary N) is 2. The van der Waals surface area contributed by atoms with Crippen molar-refractivity contribution in [2.75, 3.05) is 16.7 Å². The van der Waals surface area contributed by atoms with E-state index >= 15 is 0 Å². The number of H-pyrrole nitrogens is 1. The van der Waals surface area contributed by atoms with Gasteiger partial charge in [0, 0.05) is 46.2 Å². The lowest BCUT2D eigenvalue weighted by Gasteiger charge is -2.05. The molecule has 9 heteroatoms. The van der Waals surface area contributed by atoms with Gasteiger partial charge < -0.3 is 5.73 Å². The number of nitrogen functional groups attached to an aromatic ring is 1. The Morgan fingerprint density at radius 3 is 2.39 bits per heavy atom. The maximum Gasteiger partial charge on any atom is 0.229 e. The number of nitrogens with zero attached hydrogens (tertiary/aromatic N) is 3. The van der Waals surface area contributed by atoms with Crippen molar-refractivity contribution >= 4 is 32.4 Å². The summed E-state index contributed by atoms with van der Waals surface area (Å²) in [6, 6.07) is 18.4. The van der Waals surface area contributed by atoms with Gasteiger partial charge in [0.2, 0.25) is 10.0 Å². The highest BCUT2D eigenvalue weighted by molar-refractivity contribution is 7.92. The Hall–Kier alpha value is -3.98. The smallest absolute Gasteiger partial charge is 0.229 e. The first kappa shape index (κ1) is 20.3. The van der Waals surface area contributed by atoms with E-state index in [0.29, 0.717) is 17.2 Å². The van der Waals surface area contributed by atoms with Crippen molar-refractivity contribution in [3.8, 4) is 22.4 Å². The van der Waals surface area contributed by atoms with E-state index in [0.717, 1.165) is 33.8 Å². The first-order valence-electron chi connectivity index (χ1n) is 9.35. The predicted octanol–water partition coefficient (Wildman–Crippen LogP) is 3.77. The second-order valence-electron chi connectivity index (χ2n) is 6.94. The highest BCUT2D eigenvalue weighted by atomic mass is 32.2. The summed E-state index contributed by atoms with van der Waals surface area (Å²) >= 11 is 0. The van der Waals surface area contributed by atoms with Crippen LogP contribution in [0, 0.1) is 0 Å². The summed E-state index contributed by atoms with van der Waals surface area (Å²) in [5.41, 5.74) is 10.3. The number of hydrogen-bond donors (Lipinski definition) is 3. The molecule has 4 N–H and O–H groups in total. The van der Waals surface area contributed by atoms with Gasteiger partial charge in [-0.1, -0.05) is 30.3 Å². The molecule has 0 saturated carbocycles. The highest BCUT2D eigenvalue weighted by Gasteiger charge is 2.05. The lowest BCUT2D eigenvalue weighted by molar-refractivity contribution is 0.607. The third kappa shape index (κ3) is 5.14. The van der Waals surface area contributed by atoms with Crippen LogP contribution in [0.3, 0.4) is 0 Å². The minimum Gasteiger partial charge on any atom is -0.384 e. The molecule has 8 nitrogen and oxygen atoms in total. The zero-order chi connectivity index (χ0) is 21.8. The first-order valence-corrected chi connectivity index (χ1v) is 11.2. The van der Waals surface area contributed by atoms with Gasteiger partial charge in [-0.25, -0.2) is 8.42 Å². The fourth-order valence-corrected chi connectivity index (χ4v) is 3.59. The standard InChI is InChI=1S/C22H20N6O2S/c1-31(29,30)28-19-8-6-15(7-9-19)21-11-22(23)27-26-14-18(13-25-21)17-10-16-4-2-3-5-20(16)24-12-17/h2-14,27-28H,23H2,1H3. The van der Waals surface area contributed by atoms with Crippen molar-refractivity contribution in [3.05, 3.63) is 79.3 Å². The zero-order valence-electron chi connectivity index (χ0n) is 16.6. The summed E-state index contributed by atoms with van der Waals surface area (Å²) in [4.78, 5) is 9.11. The van der Waals surface area contributed by atoms with E-state index in [1.807, 2.05) is 30.3 Å². The third-order valence-electron chi connectivity index (χ3n) is 4.44. The molecule has 0 bridgehead atoms. The van der Waals surface area contributed by atoms with Gasteiger partial charge in [-0.3, -0.25) is 19.8 Å². The van der Waals surface area contributed by atoms with Gasteiger partial charge in [0.05, 0.1) is 23.7 Å². The van der Waals surface area contributed by atoms with E-state index in [9.17, 15) is 8.42 Å². The van der Waals surface area contributed by atoms with E-state index < -0.39 is 10.0 Å². The molecule has 0 aliphatic carbocycles. The molecule has 0 amide bonds. The van der Waals surface area contributed by atoms with Crippen LogP contribution in [0.5, 0.6) is 0 Å². The van der Waals surface area contributed by atoms with Crippen molar-refractivity contribution in [2.45, 2.75) is 0 Å². The SMILES string of the molecule is CS(=O)(=O)Nc1ccc(-c2cc(N)[nH]ncc(-c3cnc4ccccc4c3)cn2)cc1. The molecule has 31 heavy (non-hydrogen) atoms. The molecule has 2 aromatic carbocycles. The fraction of sp³-hybridized carbons (Fsp3) is 0.0455. The zero-order valence-corrected chi connectivity index (χ0v) is 17.5. The molecule has 0 spiro atoms. The maximum atomic E-state index is 11.4. The number of hydrogen-bond acceptors (Lipinski definition) is 6. The second kappa shape index (κ2) is 8.41. The Kier molecular flexibility index (Phi) is 5.50. The van der Waals surface area contributed by atoms with Gasteiger partial charge >= 0.3 is 0 Å². The number of rotatable bonds is 4. The monoisotopic (exact) mass is 432 g/mol. The molecular weight excluding hydrogens is 412 g/mol. The van der Waals surface area contributed by atoms with Crippen molar-refractivity contribution in [3.63, 3.8) is 0 Å². The minimum atomic E-state index is -3.35. The third-order valence-corrected chi connectivity index (χ3v) is 5.05. The highest BCUT2D eigenvalue weighted by Crippen LogP contribution is 2.23. The van der Waals surface area contributed by atoms with E-state index in [-0.39, 0.29) is 0 Å². The molecule has 4 rings (SSSR count). The lowest BCUT2D eigenvalue weighted by Crippen LogP contribution is -2.09. The van der Waals surface area contributed by atoms with Crippen LogP contribution in [0.25, 0.3) is 33.3 Å². The average molecular weight is 433 g/mol. The van der Waals surface area contributed by atoms with Crippen LogP contribution in [0.15, 0.2) is 79.3 Å². The minimum absolute atomic E-state index is 0.319.